The van der Waals surface area contributed by atoms with Gasteiger partial charge in [0.1, 0.15) is 0 Å². The Balaban J connectivity index is 6.01. The van der Waals surface area contributed by atoms with Crippen LogP contribution in [0.5, 0.6) is 0 Å². The molecule has 0 aliphatic rings. The van der Waals surface area contributed by atoms with Gasteiger partial charge in [-0.15, -0.1) is 0 Å². The van der Waals surface area contributed by atoms with Crippen LogP contribution in [0.25, 0.3) is 0 Å². The lowest BCUT2D eigenvalue weighted by Gasteiger charge is -1.41. The Morgan fingerprint density at radius 1 is 0.135 bits per heavy atom. The molecule has 0 spiro atoms. The first kappa shape index (κ1) is 29.0. The smallest absolute Gasteiger partial charge is 0 e. The van der Waals surface area contributed by atoms with E-state index in [2.05, 4.69) is 214 Å². The van der Waals surface area contributed by atoms with Crippen LogP contribution in [0.4, 0.5) is 0 Å². The second kappa shape index (κ2) is 28.0. The predicted octanol–water partition coefficient (Wildman–Crippen LogP) is 6.23. The quantitative estimate of drug-likeness (QED) is 0.386. The third kappa shape index (κ3) is 28.0. The lowest BCUT2D eigenvalue weighted by molar-refractivity contribution is 2.10. The van der Waals surface area contributed by atoms with Gasteiger partial charge in [0.25, 0.3) is 0 Å². The van der Waals surface area contributed by atoms with Crippen molar-refractivity contribution < 1.29 is 0 Å². The minimum atomic E-state index is 2.37. The van der Waals surface area contributed by atoms with Gasteiger partial charge in [0, 0.05) is 97.4 Å². The summed E-state index contributed by atoms with van der Waals surface area (Å²) in [6, 6.07) is 0. The zero-order chi connectivity index (χ0) is 26.7. The van der Waals surface area contributed by atoms with Gasteiger partial charge < -0.3 is 0 Å². The largest absolute Gasteiger partial charge is 0.0687 e. The maximum Gasteiger partial charge on any atom is 0 e. The van der Waals surface area contributed by atoms with Gasteiger partial charge in [-0.2, -0.15) is 0 Å². The molecule has 0 aliphatic carbocycles. The zero-order valence-corrected chi connectivity index (χ0v) is 18.9. The SMILES string of the molecule is C=C=C=C=C=C=C=C=C=C=C=C=C=C=C=C=C=C=C=C=C=C=C=C=C=C=C=C=C=C=C=C=C=C=C=C=C. The topological polar surface area (TPSA) is 0 Å². The molecule has 0 aromatic carbocycles. The lowest BCUT2D eigenvalue weighted by Crippen LogP contribution is -1.25. The van der Waals surface area contributed by atoms with Gasteiger partial charge in [-0.25, -0.2) is 0 Å². The van der Waals surface area contributed by atoms with Gasteiger partial charge in [-0.05, 0) is 105 Å². The van der Waals surface area contributed by atoms with E-state index in [1.807, 2.05) is 0 Å². The fourth-order valence-corrected chi connectivity index (χ4v) is 1.06. The Bertz CT molecular complexity index is 2170. The summed E-state index contributed by atoms with van der Waals surface area (Å²) in [6.45, 7) is 6.62. The van der Waals surface area contributed by atoms with Crippen molar-refractivity contribution in [2.45, 2.75) is 0 Å². The minimum absolute atomic E-state index is 2.37. The van der Waals surface area contributed by atoms with E-state index in [1.165, 1.54) is 0 Å². The van der Waals surface area contributed by atoms with Crippen LogP contribution in [-0.4, -0.2) is 0 Å². The van der Waals surface area contributed by atoms with E-state index in [9.17, 15) is 0 Å². The molecule has 0 unspecified atom stereocenters. The number of rotatable bonds is 0. The summed E-state index contributed by atoms with van der Waals surface area (Å²) in [6.07, 6.45) is 0. The molecule has 0 rings (SSSR count). The van der Waals surface area contributed by atoms with E-state index in [-0.39, 0.29) is 0 Å². The predicted molar refractivity (Wildman–Crippen MR) is 134 cm³/mol. The maximum absolute atomic E-state index is 3.31. The third-order valence-corrected chi connectivity index (χ3v) is 2.18. The lowest BCUT2D eigenvalue weighted by atomic mass is 10.6. The highest BCUT2D eigenvalue weighted by atomic mass is 13.5. The molecule has 0 saturated heterocycles. The van der Waals surface area contributed by atoms with Crippen molar-refractivity contribution in [1.29, 1.82) is 0 Å². The van der Waals surface area contributed by atoms with Gasteiger partial charge in [0.15, 0.2) is 0 Å². The van der Waals surface area contributed by atoms with Gasteiger partial charge in [0.05, 0.1) is 0 Å². The van der Waals surface area contributed by atoms with E-state index in [4.69, 9.17) is 0 Å². The van der Waals surface area contributed by atoms with Gasteiger partial charge >= 0.3 is 0 Å². The first-order valence-corrected chi connectivity index (χ1v) is 9.21. The van der Waals surface area contributed by atoms with E-state index in [0.29, 0.717) is 0 Å². The van der Waals surface area contributed by atoms with E-state index in [0.717, 1.165) is 0 Å². The van der Waals surface area contributed by atoms with E-state index >= 15 is 0 Å². The molecule has 0 radical (unpaired) electrons. The average Bonchev–Trinajstić information content (AvgIpc) is 2.91. The Morgan fingerprint density at radius 3 is 0.297 bits per heavy atom. The average molecular weight is 448 g/mol. The molecule has 0 fully saturated rings. The highest BCUT2D eigenvalue weighted by molar-refractivity contribution is 4.95. The standard InChI is InChI=1S/C37H4/c1-3-5-7-9-11-13-15-17-19-21-23-25-27-29-31-33-35-37-36-34-32-30-28-26-24-22-20-18-16-14-12-10-8-6-4-2/h1-2H2. The molecule has 0 aromatic heterocycles. The van der Waals surface area contributed by atoms with Gasteiger partial charge in [-0.1, -0.05) is 11.5 Å². The van der Waals surface area contributed by atoms with Crippen molar-refractivity contribution in [3.63, 3.8) is 0 Å². The van der Waals surface area contributed by atoms with Gasteiger partial charge in [0.2, 0.25) is 0 Å². The summed E-state index contributed by atoms with van der Waals surface area (Å²) in [5.41, 5.74) is 86.9. The summed E-state index contributed by atoms with van der Waals surface area (Å²) in [5, 5.41) is 0. The van der Waals surface area contributed by atoms with Crippen molar-refractivity contribution in [3.8, 4) is 0 Å². The third-order valence-electron chi connectivity index (χ3n) is 2.18. The fraction of sp³-hybridized carbons (Fsp3) is 0. The van der Waals surface area contributed by atoms with Gasteiger partial charge in [-0.3, -0.25) is 0 Å². The van der Waals surface area contributed by atoms with Crippen molar-refractivity contribution in [2.24, 2.45) is 0 Å². The van der Waals surface area contributed by atoms with E-state index < -0.39 is 0 Å². The molecule has 0 nitrogen and oxygen atoms in total. The van der Waals surface area contributed by atoms with Crippen LogP contribution in [0.15, 0.2) is 214 Å². The molecule has 0 N–H and O–H groups in total. The monoisotopic (exact) mass is 448 g/mol. The molecular formula is C37H4. The van der Waals surface area contributed by atoms with Crippen LogP contribution < -0.4 is 0 Å². The summed E-state index contributed by atoms with van der Waals surface area (Å²) in [4.78, 5) is 0. The second-order valence-electron chi connectivity index (χ2n) is 4.48. The molecule has 0 aliphatic heterocycles. The minimum Gasteiger partial charge on any atom is -0.0687 e. The Hall–Kier alpha value is -7.96. The van der Waals surface area contributed by atoms with Crippen molar-refractivity contribution in [3.05, 3.63) is 214 Å². The van der Waals surface area contributed by atoms with Crippen LogP contribution in [0.1, 0.15) is 0 Å². The van der Waals surface area contributed by atoms with Crippen molar-refractivity contribution in [2.75, 3.05) is 0 Å². The summed E-state index contributed by atoms with van der Waals surface area (Å²) in [7, 11) is 0. The van der Waals surface area contributed by atoms with Crippen LogP contribution in [0.2, 0.25) is 0 Å². The molecular weight excluding hydrogens is 444 g/mol. The molecule has 0 aromatic rings. The summed E-state index contributed by atoms with van der Waals surface area (Å²) in [5.74, 6) is 0. The highest BCUT2D eigenvalue weighted by Crippen LogP contribution is 1.59. The molecule has 0 heteroatoms. The maximum atomic E-state index is 3.31. The molecule has 0 atom stereocenters. The first-order valence-electron chi connectivity index (χ1n) is 9.21. The number of hydrogen-bond donors (Lipinski definition) is 0. The normalized spacial score (nSPS) is 3.89. The van der Waals surface area contributed by atoms with Crippen LogP contribution in [-0.2, 0) is 0 Å². The van der Waals surface area contributed by atoms with Crippen molar-refractivity contribution >= 4 is 0 Å². The second-order valence-corrected chi connectivity index (χ2v) is 4.48. The zero-order valence-electron chi connectivity index (χ0n) is 18.9. The molecule has 37 heavy (non-hydrogen) atoms. The molecule has 152 valence electrons. The van der Waals surface area contributed by atoms with Crippen molar-refractivity contribution in [1.82, 2.24) is 0 Å². The molecule has 0 bridgehead atoms. The number of hydrogen-bond acceptors (Lipinski definition) is 0. The first-order chi connectivity index (χ1) is 18.4. The Kier molecular flexibility index (Phi) is 22.0. The Labute approximate surface area is 213 Å². The van der Waals surface area contributed by atoms with E-state index in [1.54, 1.807) is 0 Å². The molecule has 0 amide bonds. The Morgan fingerprint density at radius 2 is 0.216 bits per heavy atom. The van der Waals surface area contributed by atoms with Crippen LogP contribution in [0.3, 0.4) is 0 Å². The van der Waals surface area contributed by atoms with Crippen LogP contribution in [0, 0.1) is 0 Å². The summed E-state index contributed by atoms with van der Waals surface area (Å²) >= 11 is 0. The highest BCUT2D eigenvalue weighted by Gasteiger charge is 1.44. The molecule has 0 saturated carbocycles. The van der Waals surface area contributed by atoms with Crippen LogP contribution >= 0.6 is 0 Å². The fourth-order valence-electron chi connectivity index (χ4n) is 1.06. The summed E-state index contributed by atoms with van der Waals surface area (Å²) < 4.78 is 0. The molecule has 0 heterocycles.